The Hall–Kier alpha value is -2.18. The van der Waals surface area contributed by atoms with Gasteiger partial charge in [-0.3, -0.25) is 9.59 Å². The summed E-state index contributed by atoms with van der Waals surface area (Å²) in [5, 5.41) is 2.96. The highest BCUT2D eigenvalue weighted by molar-refractivity contribution is 6.07. The first-order chi connectivity index (χ1) is 12.2. The minimum Gasteiger partial charge on any atom is -0.355 e. The molecule has 0 spiro atoms. The molecule has 2 aliphatic rings. The molecule has 2 heterocycles. The summed E-state index contributed by atoms with van der Waals surface area (Å²) in [5.41, 5.74) is -0.794. The van der Waals surface area contributed by atoms with Crippen LogP contribution in [-0.4, -0.2) is 59.4 Å². The number of piperazine rings is 1. The molecule has 1 aromatic heterocycles. The van der Waals surface area contributed by atoms with Crippen molar-refractivity contribution in [2.24, 2.45) is 5.41 Å². The summed E-state index contributed by atoms with van der Waals surface area (Å²) >= 11 is 0. The summed E-state index contributed by atoms with van der Waals surface area (Å²) in [6, 6.07) is 1.79. The highest BCUT2D eigenvalue weighted by atomic mass is 16.2. The fourth-order valence-electron chi connectivity index (χ4n) is 3.28. The van der Waals surface area contributed by atoms with Crippen molar-refractivity contribution >= 4 is 17.8 Å². The maximum Gasteiger partial charge on any atom is 0.238 e. The minimum absolute atomic E-state index is 0.00544. The molecule has 7 nitrogen and oxygen atoms in total. The fraction of sp³-hybridized carbons (Fsp3) is 0.667. The van der Waals surface area contributed by atoms with Crippen molar-refractivity contribution in [2.75, 3.05) is 37.6 Å². The maximum absolute atomic E-state index is 12.9. The van der Waals surface area contributed by atoms with Crippen molar-refractivity contribution in [2.45, 2.75) is 39.0 Å². The summed E-state index contributed by atoms with van der Waals surface area (Å²) in [6.07, 6.45) is 7.99. The Bertz CT molecular complexity index is 595. The van der Waals surface area contributed by atoms with Crippen LogP contribution in [0.15, 0.2) is 18.5 Å². The molecule has 0 radical (unpaired) electrons. The molecule has 3 rings (SSSR count). The number of anilines is 1. The van der Waals surface area contributed by atoms with Crippen LogP contribution in [0.5, 0.6) is 0 Å². The van der Waals surface area contributed by atoms with Crippen molar-refractivity contribution in [3.63, 3.8) is 0 Å². The van der Waals surface area contributed by atoms with E-state index in [2.05, 4.69) is 27.1 Å². The first kappa shape index (κ1) is 17.6. The number of nitrogens with zero attached hydrogens (tertiary/aromatic N) is 4. The number of carbonyl (C=O) groups excluding carboxylic acids is 2. The van der Waals surface area contributed by atoms with E-state index in [-0.39, 0.29) is 11.8 Å². The number of nitrogens with one attached hydrogen (secondary N) is 1. The van der Waals surface area contributed by atoms with E-state index in [9.17, 15) is 9.59 Å². The lowest BCUT2D eigenvalue weighted by Gasteiger charge is -2.36. The van der Waals surface area contributed by atoms with Gasteiger partial charge in [0.2, 0.25) is 17.8 Å². The third-order valence-corrected chi connectivity index (χ3v) is 5.06. The van der Waals surface area contributed by atoms with Gasteiger partial charge in [0, 0.05) is 45.1 Å². The Morgan fingerprint density at radius 3 is 2.40 bits per heavy atom. The van der Waals surface area contributed by atoms with Crippen LogP contribution < -0.4 is 10.2 Å². The SMILES string of the molecule is CCCCCNC(=O)C1(C(=O)N2CCN(c3ncccn3)CC2)CC1. The van der Waals surface area contributed by atoms with Crippen molar-refractivity contribution in [3.8, 4) is 0 Å². The zero-order valence-corrected chi connectivity index (χ0v) is 14.9. The van der Waals surface area contributed by atoms with Crippen LogP contribution in [0.2, 0.25) is 0 Å². The fourth-order valence-corrected chi connectivity index (χ4v) is 3.28. The minimum atomic E-state index is -0.794. The summed E-state index contributed by atoms with van der Waals surface area (Å²) in [4.78, 5) is 37.8. The number of rotatable bonds is 7. The Morgan fingerprint density at radius 2 is 1.80 bits per heavy atom. The summed E-state index contributed by atoms with van der Waals surface area (Å²) in [5.74, 6) is 0.612. The van der Waals surface area contributed by atoms with E-state index in [0.29, 0.717) is 51.5 Å². The van der Waals surface area contributed by atoms with Gasteiger partial charge in [0.15, 0.2) is 0 Å². The monoisotopic (exact) mass is 345 g/mol. The van der Waals surface area contributed by atoms with Crippen LogP contribution in [0.25, 0.3) is 0 Å². The predicted molar refractivity (Wildman–Crippen MR) is 95.0 cm³/mol. The standard InChI is InChI=1S/C18H27N5O2/c1-2-3-4-8-19-15(24)18(6-7-18)16(25)22-11-13-23(14-12-22)17-20-9-5-10-21-17/h5,9-10H,2-4,6-8,11-14H2,1H3,(H,19,24). The smallest absolute Gasteiger partial charge is 0.238 e. The average Bonchev–Trinajstić information content (AvgIpc) is 3.47. The van der Waals surface area contributed by atoms with Crippen LogP contribution in [0.3, 0.4) is 0 Å². The van der Waals surface area contributed by atoms with Crippen LogP contribution in [-0.2, 0) is 9.59 Å². The molecule has 25 heavy (non-hydrogen) atoms. The second-order valence-electron chi connectivity index (χ2n) is 6.87. The third kappa shape index (κ3) is 3.91. The summed E-state index contributed by atoms with van der Waals surface area (Å²) in [6.45, 7) is 5.42. The molecule has 7 heteroatoms. The molecule has 1 saturated carbocycles. The lowest BCUT2D eigenvalue weighted by molar-refractivity contribution is -0.144. The molecular weight excluding hydrogens is 318 g/mol. The van der Waals surface area contributed by atoms with Gasteiger partial charge in [-0.1, -0.05) is 19.8 Å². The molecule has 1 aliphatic carbocycles. The molecule has 0 aromatic carbocycles. The molecular formula is C18H27N5O2. The maximum atomic E-state index is 12.9. The molecule has 2 amide bonds. The Balaban J connectivity index is 1.51. The van der Waals surface area contributed by atoms with Crippen molar-refractivity contribution in [1.82, 2.24) is 20.2 Å². The largest absolute Gasteiger partial charge is 0.355 e. The van der Waals surface area contributed by atoms with E-state index in [0.717, 1.165) is 19.3 Å². The van der Waals surface area contributed by atoms with Crippen LogP contribution in [0.4, 0.5) is 5.95 Å². The van der Waals surface area contributed by atoms with Crippen molar-refractivity contribution < 1.29 is 9.59 Å². The van der Waals surface area contributed by atoms with E-state index in [1.807, 2.05) is 4.90 Å². The lowest BCUT2D eigenvalue weighted by atomic mass is 10.0. The molecule has 0 unspecified atom stereocenters. The highest BCUT2D eigenvalue weighted by Crippen LogP contribution is 2.47. The van der Waals surface area contributed by atoms with Gasteiger partial charge in [-0.05, 0) is 25.3 Å². The van der Waals surface area contributed by atoms with Gasteiger partial charge >= 0.3 is 0 Å². The Labute approximate surface area is 148 Å². The van der Waals surface area contributed by atoms with E-state index < -0.39 is 5.41 Å². The summed E-state index contributed by atoms with van der Waals surface area (Å²) < 4.78 is 0. The molecule has 1 aromatic rings. The molecule has 2 fully saturated rings. The molecule has 1 aliphatic heterocycles. The number of hydrogen-bond donors (Lipinski definition) is 1. The van der Waals surface area contributed by atoms with Gasteiger partial charge in [0.05, 0.1) is 0 Å². The number of aromatic nitrogens is 2. The Morgan fingerprint density at radius 1 is 1.12 bits per heavy atom. The van der Waals surface area contributed by atoms with E-state index in [1.165, 1.54) is 0 Å². The zero-order valence-electron chi connectivity index (χ0n) is 14.9. The van der Waals surface area contributed by atoms with E-state index in [4.69, 9.17) is 0 Å². The second-order valence-corrected chi connectivity index (χ2v) is 6.87. The number of unbranched alkanes of at least 4 members (excludes halogenated alkanes) is 2. The number of carbonyl (C=O) groups is 2. The van der Waals surface area contributed by atoms with Crippen LogP contribution in [0, 0.1) is 5.41 Å². The van der Waals surface area contributed by atoms with Gasteiger partial charge in [-0.2, -0.15) is 0 Å². The topological polar surface area (TPSA) is 78.4 Å². The van der Waals surface area contributed by atoms with Gasteiger partial charge in [-0.15, -0.1) is 0 Å². The first-order valence-corrected chi connectivity index (χ1v) is 9.27. The summed E-state index contributed by atoms with van der Waals surface area (Å²) in [7, 11) is 0. The predicted octanol–water partition coefficient (Wildman–Crippen LogP) is 1.21. The lowest BCUT2D eigenvalue weighted by Crippen LogP contribution is -2.53. The third-order valence-electron chi connectivity index (χ3n) is 5.06. The van der Waals surface area contributed by atoms with Crippen molar-refractivity contribution in [3.05, 3.63) is 18.5 Å². The molecule has 1 saturated heterocycles. The number of amides is 2. The zero-order chi connectivity index (χ0) is 17.7. The quantitative estimate of drug-likeness (QED) is 0.594. The van der Waals surface area contributed by atoms with Gasteiger partial charge in [-0.25, -0.2) is 9.97 Å². The normalized spacial score (nSPS) is 18.8. The van der Waals surface area contributed by atoms with Crippen LogP contribution >= 0.6 is 0 Å². The highest BCUT2D eigenvalue weighted by Gasteiger charge is 2.58. The molecule has 136 valence electrons. The first-order valence-electron chi connectivity index (χ1n) is 9.27. The molecule has 0 bridgehead atoms. The van der Waals surface area contributed by atoms with E-state index >= 15 is 0 Å². The average molecular weight is 345 g/mol. The van der Waals surface area contributed by atoms with Gasteiger partial charge in [0.1, 0.15) is 5.41 Å². The Kier molecular flexibility index (Phi) is 5.50. The molecule has 0 atom stereocenters. The van der Waals surface area contributed by atoms with Crippen molar-refractivity contribution in [1.29, 1.82) is 0 Å². The number of hydrogen-bond acceptors (Lipinski definition) is 5. The molecule has 1 N–H and O–H groups in total. The van der Waals surface area contributed by atoms with Gasteiger partial charge < -0.3 is 15.1 Å². The second kappa shape index (κ2) is 7.80. The van der Waals surface area contributed by atoms with Gasteiger partial charge in [0.25, 0.3) is 0 Å². The van der Waals surface area contributed by atoms with E-state index in [1.54, 1.807) is 18.5 Å². The van der Waals surface area contributed by atoms with Crippen LogP contribution in [0.1, 0.15) is 39.0 Å².